The number of rotatable bonds is 5. The molecule has 0 saturated heterocycles. The molecule has 5 heteroatoms. The minimum Gasteiger partial charge on any atom is -0.395 e. The molecule has 0 fully saturated rings. The number of nitrogens with zero attached hydrogens (tertiary/aromatic N) is 1. The van der Waals surface area contributed by atoms with Crippen molar-refractivity contribution in [3.05, 3.63) is 11.1 Å². The third-order valence-electron chi connectivity index (χ3n) is 2.01. The van der Waals surface area contributed by atoms with Gasteiger partial charge >= 0.3 is 0 Å². The molecule has 0 aromatic carbocycles. The van der Waals surface area contributed by atoms with E-state index in [1.54, 1.807) is 23.1 Å². The second kappa shape index (κ2) is 5.58. The van der Waals surface area contributed by atoms with Crippen molar-refractivity contribution in [2.24, 2.45) is 0 Å². The molecule has 3 nitrogen and oxygen atoms in total. The summed E-state index contributed by atoms with van der Waals surface area (Å²) in [4.78, 5) is 4.32. The summed E-state index contributed by atoms with van der Waals surface area (Å²) < 4.78 is 0. The lowest BCUT2D eigenvalue weighted by molar-refractivity contribution is 0.288. The van der Waals surface area contributed by atoms with E-state index in [0.717, 1.165) is 10.8 Å². The highest BCUT2D eigenvalue weighted by molar-refractivity contribution is 7.99. The van der Waals surface area contributed by atoms with Crippen molar-refractivity contribution < 1.29 is 5.11 Å². The molecular weight excluding hydrogens is 216 g/mol. The summed E-state index contributed by atoms with van der Waals surface area (Å²) in [5.74, 6) is 0. The molecule has 0 aliphatic carbocycles. The Kier molecular flexibility index (Phi) is 4.71. The Bertz CT molecular complexity index is 274. The number of nitrogens with one attached hydrogen (secondary N) is 1. The van der Waals surface area contributed by atoms with Crippen molar-refractivity contribution in [3.8, 4) is 0 Å². The third-order valence-corrected chi connectivity index (χ3v) is 4.06. The normalized spacial score (nSPS) is 15.1. The fourth-order valence-electron chi connectivity index (χ4n) is 1.14. The number of anilines is 1. The van der Waals surface area contributed by atoms with Crippen LogP contribution in [0, 0.1) is 6.92 Å². The number of aliphatic hydroxyl groups excluding tert-OH is 1. The van der Waals surface area contributed by atoms with E-state index in [4.69, 9.17) is 5.11 Å². The van der Waals surface area contributed by atoms with Crippen LogP contribution in [-0.4, -0.2) is 34.2 Å². The minimum atomic E-state index is 0.194. The van der Waals surface area contributed by atoms with Crippen molar-refractivity contribution in [2.75, 3.05) is 18.2 Å². The Morgan fingerprint density at radius 2 is 2.43 bits per heavy atom. The lowest BCUT2D eigenvalue weighted by Gasteiger charge is -2.20. The van der Waals surface area contributed by atoms with E-state index < -0.39 is 0 Å². The van der Waals surface area contributed by atoms with Crippen molar-refractivity contribution >= 4 is 28.2 Å². The monoisotopic (exact) mass is 232 g/mol. The van der Waals surface area contributed by atoms with Crippen LogP contribution in [0.4, 0.5) is 5.13 Å². The predicted molar refractivity (Wildman–Crippen MR) is 64.3 cm³/mol. The molecule has 1 rings (SSSR count). The second-order valence-electron chi connectivity index (χ2n) is 3.18. The Labute approximate surface area is 92.9 Å². The van der Waals surface area contributed by atoms with Gasteiger partial charge in [0.05, 0.1) is 12.3 Å². The van der Waals surface area contributed by atoms with Gasteiger partial charge in [0.1, 0.15) is 0 Å². The summed E-state index contributed by atoms with van der Waals surface area (Å²) in [7, 11) is 0. The summed E-state index contributed by atoms with van der Waals surface area (Å²) in [5, 5.41) is 15.6. The highest BCUT2D eigenvalue weighted by Crippen LogP contribution is 2.19. The average Bonchev–Trinajstić information content (AvgIpc) is 2.53. The quantitative estimate of drug-likeness (QED) is 0.815. The maximum Gasteiger partial charge on any atom is 0.183 e. The van der Waals surface area contributed by atoms with Crippen LogP contribution in [0.15, 0.2) is 5.38 Å². The van der Waals surface area contributed by atoms with E-state index in [9.17, 15) is 0 Å². The molecule has 2 unspecified atom stereocenters. The molecule has 0 aliphatic heterocycles. The highest BCUT2D eigenvalue weighted by atomic mass is 32.2. The lowest BCUT2D eigenvalue weighted by atomic mass is 10.2. The van der Waals surface area contributed by atoms with Crippen LogP contribution in [0.3, 0.4) is 0 Å². The number of thiazole rings is 1. The molecule has 1 aromatic rings. The molecule has 2 atom stereocenters. The maximum atomic E-state index is 9.10. The molecule has 0 spiro atoms. The Morgan fingerprint density at radius 3 is 2.86 bits per heavy atom. The standard InChI is InChI=1S/C9H16N2OS2/c1-6-5-14-9(10-6)11-7(2)8(4-12)13-3/h5,7-8,12H,4H2,1-3H3,(H,10,11). The lowest BCUT2D eigenvalue weighted by Crippen LogP contribution is -2.30. The van der Waals surface area contributed by atoms with Crippen LogP contribution < -0.4 is 5.32 Å². The third kappa shape index (κ3) is 3.15. The molecule has 0 bridgehead atoms. The zero-order valence-electron chi connectivity index (χ0n) is 8.65. The Morgan fingerprint density at radius 1 is 1.71 bits per heavy atom. The molecule has 0 amide bonds. The van der Waals surface area contributed by atoms with E-state index in [1.165, 1.54) is 0 Å². The molecule has 0 saturated carbocycles. The van der Waals surface area contributed by atoms with Gasteiger partial charge in [-0.2, -0.15) is 11.8 Å². The van der Waals surface area contributed by atoms with Gasteiger partial charge in [0, 0.05) is 16.7 Å². The van der Waals surface area contributed by atoms with Gasteiger partial charge in [0.25, 0.3) is 0 Å². The van der Waals surface area contributed by atoms with E-state index in [-0.39, 0.29) is 17.9 Å². The first-order chi connectivity index (χ1) is 6.67. The van der Waals surface area contributed by atoms with Crippen LogP contribution in [0.25, 0.3) is 0 Å². The molecule has 0 aliphatic rings. The molecule has 2 N–H and O–H groups in total. The molecule has 1 aromatic heterocycles. The van der Waals surface area contributed by atoms with Crippen molar-refractivity contribution in [1.29, 1.82) is 0 Å². The van der Waals surface area contributed by atoms with Gasteiger partial charge in [-0.15, -0.1) is 11.3 Å². The summed E-state index contributed by atoms with van der Waals surface area (Å²) >= 11 is 3.27. The van der Waals surface area contributed by atoms with Crippen LogP contribution in [-0.2, 0) is 0 Å². The van der Waals surface area contributed by atoms with Crippen molar-refractivity contribution in [2.45, 2.75) is 25.1 Å². The average molecular weight is 232 g/mol. The van der Waals surface area contributed by atoms with E-state index in [0.29, 0.717) is 0 Å². The highest BCUT2D eigenvalue weighted by Gasteiger charge is 2.15. The SMILES string of the molecule is CSC(CO)C(C)Nc1nc(C)cs1. The summed E-state index contributed by atoms with van der Waals surface area (Å²) in [6, 6.07) is 0.237. The van der Waals surface area contributed by atoms with Gasteiger partial charge in [0.2, 0.25) is 0 Å². The molecule has 14 heavy (non-hydrogen) atoms. The van der Waals surface area contributed by atoms with Crippen LogP contribution in [0.5, 0.6) is 0 Å². The van der Waals surface area contributed by atoms with E-state index in [2.05, 4.69) is 17.2 Å². The zero-order chi connectivity index (χ0) is 10.6. The first-order valence-electron chi connectivity index (χ1n) is 4.49. The largest absolute Gasteiger partial charge is 0.395 e. The van der Waals surface area contributed by atoms with E-state index in [1.807, 2.05) is 18.6 Å². The van der Waals surface area contributed by atoms with Crippen LogP contribution in [0.1, 0.15) is 12.6 Å². The number of aromatic nitrogens is 1. The predicted octanol–water partition coefficient (Wildman–Crippen LogP) is 1.98. The number of hydrogen-bond acceptors (Lipinski definition) is 5. The van der Waals surface area contributed by atoms with Crippen molar-refractivity contribution in [1.82, 2.24) is 4.98 Å². The second-order valence-corrected chi connectivity index (χ2v) is 5.12. The van der Waals surface area contributed by atoms with Crippen LogP contribution in [0.2, 0.25) is 0 Å². The Balaban J connectivity index is 2.51. The van der Waals surface area contributed by atoms with Crippen molar-refractivity contribution in [3.63, 3.8) is 0 Å². The first-order valence-corrected chi connectivity index (χ1v) is 6.66. The summed E-state index contributed by atoms with van der Waals surface area (Å²) in [6.07, 6.45) is 2.01. The number of hydrogen-bond donors (Lipinski definition) is 2. The molecule has 80 valence electrons. The topological polar surface area (TPSA) is 45.1 Å². The molecule has 1 heterocycles. The number of thioether (sulfide) groups is 1. The summed E-state index contributed by atoms with van der Waals surface area (Å²) in [5.41, 5.74) is 1.04. The molecular formula is C9H16N2OS2. The molecule has 0 radical (unpaired) electrons. The van der Waals surface area contributed by atoms with Gasteiger partial charge in [0.15, 0.2) is 5.13 Å². The smallest absolute Gasteiger partial charge is 0.183 e. The number of aliphatic hydroxyl groups is 1. The maximum absolute atomic E-state index is 9.10. The van der Waals surface area contributed by atoms with E-state index >= 15 is 0 Å². The summed E-state index contributed by atoms with van der Waals surface area (Å²) in [6.45, 7) is 4.23. The van der Waals surface area contributed by atoms with Gasteiger partial charge in [-0.3, -0.25) is 0 Å². The first kappa shape index (κ1) is 11.8. The Hall–Kier alpha value is -0.260. The fraction of sp³-hybridized carbons (Fsp3) is 0.667. The minimum absolute atomic E-state index is 0.194. The fourth-order valence-corrected chi connectivity index (χ4v) is 2.56. The van der Waals surface area contributed by atoms with Gasteiger partial charge in [-0.1, -0.05) is 0 Å². The zero-order valence-corrected chi connectivity index (χ0v) is 10.3. The van der Waals surface area contributed by atoms with Crippen LogP contribution >= 0.6 is 23.1 Å². The van der Waals surface area contributed by atoms with Gasteiger partial charge in [-0.25, -0.2) is 4.98 Å². The number of aryl methyl sites for hydroxylation is 1. The van der Waals surface area contributed by atoms with Gasteiger partial charge in [-0.05, 0) is 20.1 Å². The van der Waals surface area contributed by atoms with Gasteiger partial charge < -0.3 is 10.4 Å².